The first-order valence-corrected chi connectivity index (χ1v) is 8.90. The summed E-state index contributed by atoms with van der Waals surface area (Å²) in [4.78, 5) is 12.3. The fourth-order valence-corrected chi connectivity index (χ4v) is 4.12. The van der Waals surface area contributed by atoms with E-state index in [1.807, 2.05) is 49.0 Å². The van der Waals surface area contributed by atoms with E-state index in [9.17, 15) is 4.79 Å². The van der Waals surface area contributed by atoms with Crippen LogP contribution >= 0.6 is 11.8 Å². The Kier molecular flexibility index (Phi) is 6.58. The van der Waals surface area contributed by atoms with Crippen LogP contribution < -0.4 is 5.32 Å². The van der Waals surface area contributed by atoms with Crippen molar-refractivity contribution in [1.29, 1.82) is 0 Å². The van der Waals surface area contributed by atoms with Gasteiger partial charge in [0.1, 0.15) is 6.04 Å². The number of esters is 1. The summed E-state index contributed by atoms with van der Waals surface area (Å²) in [6, 6.07) is 9.93. The van der Waals surface area contributed by atoms with Gasteiger partial charge in [0.2, 0.25) is 0 Å². The maximum absolute atomic E-state index is 12.3. The van der Waals surface area contributed by atoms with Gasteiger partial charge in [-0.15, -0.1) is 0 Å². The molecule has 3 nitrogen and oxygen atoms in total. The Balaban J connectivity index is 2.10. The summed E-state index contributed by atoms with van der Waals surface area (Å²) in [7, 11) is 0. The topological polar surface area (TPSA) is 38.3 Å². The molecule has 1 saturated carbocycles. The standard InChI is InChI=1S/C17H25NO2S/c1-3-20-17(19)16(13-9-6-5-7-10-13)18-14-11-8-12-15(14)21-4-2/h5-7,9-10,14-16,18H,3-4,8,11-12H2,1-2H3. The van der Waals surface area contributed by atoms with Crippen LogP contribution in [0.5, 0.6) is 0 Å². The molecule has 0 radical (unpaired) electrons. The highest BCUT2D eigenvalue weighted by atomic mass is 32.2. The monoisotopic (exact) mass is 307 g/mol. The maximum atomic E-state index is 12.3. The van der Waals surface area contributed by atoms with Crippen molar-refractivity contribution in [2.24, 2.45) is 0 Å². The van der Waals surface area contributed by atoms with E-state index in [4.69, 9.17) is 4.74 Å². The number of carbonyl (C=O) groups is 1. The summed E-state index contributed by atoms with van der Waals surface area (Å²) < 4.78 is 5.26. The van der Waals surface area contributed by atoms with Crippen molar-refractivity contribution in [3.63, 3.8) is 0 Å². The van der Waals surface area contributed by atoms with Crippen molar-refractivity contribution in [2.45, 2.75) is 50.4 Å². The molecule has 0 spiro atoms. The van der Waals surface area contributed by atoms with Crippen LogP contribution in [0.3, 0.4) is 0 Å². The Morgan fingerprint density at radius 3 is 2.76 bits per heavy atom. The summed E-state index contributed by atoms with van der Waals surface area (Å²) in [6.45, 7) is 4.47. The first-order valence-electron chi connectivity index (χ1n) is 7.85. The molecular weight excluding hydrogens is 282 g/mol. The van der Waals surface area contributed by atoms with Gasteiger partial charge in [0.25, 0.3) is 0 Å². The summed E-state index contributed by atoms with van der Waals surface area (Å²) >= 11 is 1.99. The molecule has 1 N–H and O–H groups in total. The average Bonchev–Trinajstić information content (AvgIpc) is 2.93. The predicted molar refractivity (Wildman–Crippen MR) is 88.5 cm³/mol. The molecule has 4 heteroatoms. The number of thioether (sulfide) groups is 1. The molecule has 0 amide bonds. The van der Waals surface area contributed by atoms with E-state index in [1.54, 1.807) is 0 Å². The molecule has 116 valence electrons. The van der Waals surface area contributed by atoms with Crippen LogP contribution in [-0.2, 0) is 9.53 Å². The highest BCUT2D eigenvalue weighted by molar-refractivity contribution is 7.99. The van der Waals surface area contributed by atoms with Crippen molar-refractivity contribution in [2.75, 3.05) is 12.4 Å². The molecule has 0 aliphatic heterocycles. The summed E-state index contributed by atoms with van der Waals surface area (Å²) in [5.41, 5.74) is 0.989. The number of rotatable bonds is 7. The minimum absolute atomic E-state index is 0.171. The predicted octanol–water partition coefficient (Wildman–Crippen LogP) is 3.55. The number of hydrogen-bond donors (Lipinski definition) is 1. The van der Waals surface area contributed by atoms with Crippen LogP contribution in [0.25, 0.3) is 0 Å². The smallest absolute Gasteiger partial charge is 0.327 e. The van der Waals surface area contributed by atoms with Gasteiger partial charge in [-0.1, -0.05) is 43.7 Å². The van der Waals surface area contributed by atoms with Crippen LogP contribution in [0.1, 0.15) is 44.7 Å². The van der Waals surface area contributed by atoms with E-state index in [0.29, 0.717) is 17.9 Å². The molecule has 3 unspecified atom stereocenters. The van der Waals surface area contributed by atoms with Gasteiger partial charge >= 0.3 is 5.97 Å². The second kappa shape index (κ2) is 8.44. The molecule has 1 aromatic carbocycles. The zero-order valence-electron chi connectivity index (χ0n) is 12.9. The molecule has 1 aliphatic carbocycles. The maximum Gasteiger partial charge on any atom is 0.327 e. The van der Waals surface area contributed by atoms with E-state index in [2.05, 4.69) is 12.2 Å². The highest BCUT2D eigenvalue weighted by Gasteiger charge is 2.32. The molecule has 1 aromatic rings. The van der Waals surface area contributed by atoms with Gasteiger partial charge < -0.3 is 4.74 Å². The molecule has 1 fully saturated rings. The SMILES string of the molecule is CCOC(=O)C(NC1CCCC1SCC)c1ccccc1. The average molecular weight is 307 g/mol. The van der Waals surface area contributed by atoms with Crippen molar-refractivity contribution in [3.05, 3.63) is 35.9 Å². The van der Waals surface area contributed by atoms with Gasteiger partial charge in [0.05, 0.1) is 6.61 Å². The number of ether oxygens (including phenoxy) is 1. The highest BCUT2D eigenvalue weighted by Crippen LogP contribution is 2.31. The van der Waals surface area contributed by atoms with Crippen molar-refractivity contribution >= 4 is 17.7 Å². The first kappa shape index (κ1) is 16.4. The van der Waals surface area contributed by atoms with E-state index in [1.165, 1.54) is 12.8 Å². The van der Waals surface area contributed by atoms with Gasteiger partial charge in [-0.05, 0) is 31.1 Å². The third-order valence-corrected chi connectivity index (χ3v) is 5.19. The van der Waals surface area contributed by atoms with Crippen LogP contribution in [0, 0.1) is 0 Å². The minimum Gasteiger partial charge on any atom is -0.465 e. The minimum atomic E-state index is -0.353. The van der Waals surface area contributed by atoms with E-state index >= 15 is 0 Å². The molecule has 21 heavy (non-hydrogen) atoms. The Labute approximate surface area is 131 Å². The number of hydrogen-bond acceptors (Lipinski definition) is 4. The second-order valence-electron chi connectivity index (χ2n) is 5.29. The number of nitrogens with one attached hydrogen (secondary N) is 1. The zero-order valence-corrected chi connectivity index (χ0v) is 13.7. The summed E-state index contributed by atoms with van der Waals surface area (Å²) in [6.07, 6.45) is 3.61. The van der Waals surface area contributed by atoms with Gasteiger partial charge in [-0.25, -0.2) is 4.79 Å². The summed E-state index contributed by atoms with van der Waals surface area (Å²) in [5.74, 6) is 0.953. The lowest BCUT2D eigenvalue weighted by molar-refractivity contribution is -0.146. The Bertz CT molecular complexity index is 438. The lowest BCUT2D eigenvalue weighted by atomic mass is 10.1. The van der Waals surface area contributed by atoms with Gasteiger partial charge in [-0.3, -0.25) is 5.32 Å². The van der Waals surface area contributed by atoms with Crippen molar-refractivity contribution in [1.82, 2.24) is 5.32 Å². The van der Waals surface area contributed by atoms with Crippen LogP contribution in [0.2, 0.25) is 0 Å². The Hall–Kier alpha value is -1.00. The van der Waals surface area contributed by atoms with Crippen LogP contribution in [0.15, 0.2) is 30.3 Å². The Morgan fingerprint density at radius 1 is 1.33 bits per heavy atom. The van der Waals surface area contributed by atoms with Gasteiger partial charge in [-0.2, -0.15) is 11.8 Å². The quantitative estimate of drug-likeness (QED) is 0.782. The normalized spacial score (nSPS) is 23.0. The van der Waals surface area contributed by atoms with Crippen LogP contribution in [0.4, 0.5) is 0 Å². The number of benzene rings is 1. The number of carbonyl (C=O) groups excluding carboxylic acids is 1. The van der Waals surface area contributed by atoms with Crippen LogP contribution in [-0.4, -0.2) is 29.6 Å². The van der Waals surface area contributed by atoms with E-state index < -0.39 is 0 Å². The molecule has 1 aliphatic rings. The Morgan fingerprint density at radius 2 is 2.10 bits per heavy atom. The third kappa shape index (κ3) is 4.48. The molecule has 2 rings (SSSR count). The molecule has 0 saturated heterocycles. The lowest BCUT2D eigenvalue weighted by Gasteiger charge is -2.26. The fraction of sp³-hybridized carbons (Fsp3) is 0.588. The summed E-state index contributed by atoms with van der Waals surface area (Å²) in [5, 5.41) is 4.16. The molecule has 0 bridgehead atoms. The third-order valence-electron chi connectivity index (χ3n) is 3.87. The largest absolute Gasteiger partial charge is 0.465 e. The molecule has 3 atom stereocenters. The molecule has 0 aromatic heterocycles. The fourth-order valence-electron chi connectivity index (χ4n) is 2.92. The zero-order chi connectivity index (χ0) is 15.1. The van der Waals surface area contributed by atoms with Crippen molar-refractivity contribution < 1.29 is 9.53 Å². The van der Waals surface area contributed by atoms with Crippen molar-refractivity contribution in [3.8, 4) is 0 Å². The first-order chi connectivity index (χ1) is 10.3. The van der Waals surface area contributed by atoms with Gasteiger partial charge in [0.15, 0.2) is 0 Å². The second-order valence-corrected chi connectivity index (χ2v) is 6.81. The van der Waals surface area contributed by atoms with E-state index in [0.717, 1.165) is 17.7 Å². The molecule has 0 heterocycles. The van der Waals surface area contributed by atoms with Gasteiger partial charge in [0, 0.05) is 11.3 Å². The van der Waals surface area contributed by atoms with E-state index in [-0.39, 0.29) is 12.0 Å². The lowest BCUT2D eigenvalue weighted by Crippen LogP contribution is -2.41. The molecular formula is C17H25NO2S.